The monoisotopic (exact) mass is 395 g/mol. The summed E-state index contributed by atoms with van der Waals surface area (Å²) in [6.45, 7) is 4.57. The molecule has 27 heavy (non-hydrogen) atoms. The average molecular weight is 396 g/mol. The van der Waals surface area contributed by atoms with E-state index >= 15 is 0 Å². The molecule has 4 heteroatoms. The van der Waals surface area contributed by atoms with Crippen LogP contribution in [0.2, 0.25) is 5.02 Å². The van der Waals surface area contributed by atoms with Gasteiger partial charge in [-0.2, -0.15) is 0 Å². The van der Waals surface area contributed by atoms with E-state index in [1.807, 2.05) is 50.2 Å². The van der Waals surface area contributed by atoms with Gasteiger partial charge in [-0.05, 0) is 46.5 Å². The van der Waals surface area contributed by atoms with Crippen molar-refractivity contribution in [2.24, 2.45) is 0 Å². The molecule has 3 aromatic rings. The lowest BCUT2D eigenvalue weighted by Gasteiger charge is -2.25. The lowest BCUT2D eigenvalue weighted by atomic mass is 9.99. The summed E-state index contributed by atoms with van der Waals surface area (Å²) in [5, 5.41) is 0.691. The van der Waals surface area contributed by atoms with E-state index in [0.29, 0.717) is 11.6 Å². The van der Waals surface area contributed by atoms with Crippen molar-refractivity contribution in [2.75, 3.05) is 4.90 Å². The lowest BCUT2D eigenvalue weighted by molar-refractivity contribution is -0.107. The van der Waals surface area contributed by atoms with E-state index in [2.05, 4.69) is 30.3 Å². The van der Waals surface area contributed by atoms with Crippen molar-refractivity contribution in [1.82, 2.24) is 0 Å². The van der Waals surface area contributed by atoms with Crippen molar-refractivity contribution in [3.8, 4) is 11.1 Å². The van der Waals surface area contributed by atoms with Crippen molar-refractivity contribution in [1.29, 1.82) is 0 Å². The maximum atomic E-state index is 11.7. The number of hydrogen-bond acceptors (Lipinski definition) is 2. The molecule has 0 spiro atoms. The van der Waals surface area contributed by atoms with E-state index in [-0.39, 0.29) is 0 Å². The van der Waals surface area contributed by atoms with Gasteiger partial charge in [-0.15, -0.1) is 11.8 Å². The second-order valence-corrected chi connectivity index (χ2v) is 7.44. The molecule has 0 unspecified atom stereocenters. The highest BCUT2D eigenvalue weighted by atomic mass is 35.5. The number of anilines is 1. The number of hydrogen-bond donors (Lipinski definition) is 0. The number of carbonyl (C=O) groups excluding carboxylic acids is 1. The summed E-state index contributed by atoms with van der Waals surface area (Å²) in [4.78, 5) is 14.4. The average Bonchev–Trinajstić information content (AvgIpc) is 2.72. The van der Waals surface area contributed by atoms with Crippen molar-refractivity contribution in [2.45, 2.75) is 31.0 Å². The number of rotatable bonds is 2. The molecule has 4 rings (SSSR count). The third kappa shape index (κ3) is 4.37. The Hall–Kier alpha value is -2.23. The van der Waals surface area contributed by atoms with E-state index < -0.39 is 0 Å². The number of fused-ring (bicyclic) bond motifs is 2. The van der Waals surface area contributed by atoms with Crippen LogP contribution in [0.15, 0.2) is 71.6 Å². The number of carbonyl (C=O) groups is 1. The Bertz CT molecular complexity index is 927. The van der Waals surface area contributed by atoms with Crippen molar-refractivity contribution in [3.63, 3.8) is 0 Å². The topological polar surface area (TPSA) is 20.3 Å². The Morgan fingerprint density at radius 3 is 2.44 bits per heavy atom. The fourth-order valence-corrected chi connectivity index (χ4v) is 4.44. The first-order valence-electron chi connectivity index (χ1n) is 9.06. The molecule has 138 valence electrons. The minimum atomic E-state index is 0.573. The van der Waals surface area contributed by atoms with Crippen LogP contribution in [0.5, 0.6) is 0 Å². The first-order valence-corrected chi connectivity index (χ1v) is 10.4. The van der Waals surface area contributed by atoms with Crippen LogP contribution in [-0.2, 0) is 17.1 Å². The van der Waals surface area contributed by atoms with Gasteiger partial charge in [0.1, 0.15) is 0 Å². The Morgan fingerprint density at radius 1 is 0.926 bits per heavy atom. The van der Waals surface area contributed by atoms with Gasteiger partial charge in [0.15, 0.2) is 0 Å². The van der Waals surface area contributed by atoms with E-state index in [4.69, 9.17) is 11.6 Å². The third-order valence-corrected chi connectivity index (χ3v) is 5.72. The molecule has 3 aromatic carbocycles. The Labute approximate surface area is 170 Å². The molecular formula is C23H22ClNOS. The largest absolute Gasteiger partial charge is 0.309 e. The van der Waals surface area contributed by atoms with E-state index in [9.17, 15) is 4.79 Å². The van der Waals surface area contributed by atoms with Gasteiger partial charge in [0.05, 0.1) is 12.2 Å². The number of benzene rings is 3. The lowest BCUT2D eigenvalue weighted by Crippen LogP contribution is -2.22. The fraction of sp³-hybridized carbons (Fsp3) is 0.174. The SMILES string of the molecule is CC.O=CN1Cc2ccc(-c3ccccc3)cc2CSc2cc(Cl)ccc21. The molecule has 0 atom stereocenters. The van der Waals surface area contributed by atoms with E-state index in [1.165, 1.54) is 22.3 Å². The Morgan fingerprint density at radius 2 is 1.70 bits per heavy atom. The van der Waals surface area contributed by atoms with Crippen LogP contribution >= 0.6 is 23.4 Å². The Balaban J connectivity index is 0.00000102. The van der Waals surface area contributed by atoms with Gasteiger partial charge in [0.2, 0.25) is 6.41 Å². The molecule has 0 saturated heterocycles. The zero-order valence-electron chi connectivity index (χ0n) is 15.5. The number of thioether (sulfide) groups is 1. The standard InChI is InChI=1S/C21H16ClNOS.C2H6/c22-19-8-9-20-21(11-19)25-13-18-10-16(15-4-2-1-3-5-15)6-7-17(18)12-23(20)14-24;1-2/h1-11,14H,12-13H2;1-2H3. The first kappa shape index (κ1) is 19.5. The molecule has 0 N–H and O–H groups in total. The zero-order chi connectivity index (χ0) is 19.2. The molecular weight excluding hydrogens is 374 g/mol. The summed E-state index contributed by atoms with van der Waals surface area (Å²) in [5.41, 5.74) is 5.75. The molecule has 1 amide bonds. The minimum Gasteiger partial charge on any atom is -0.309 e. The molecule has 1 aliphatic rings. The highest BCUT2D eigenvalue weighted by Gasteiger charge is 2.18. The number of halogens is 1. The Kier molecular flexibility index (Phi) is 6.59. The van der Waals surface area contributed by atoms with Gasteiger partial charge >= 0.3 is 0 Å². The predicted octanol–water partition coefficient (Wildman–Crippen LogP) is 6.80. The molecule has 0 radical (unpaired) electrons. The van der Waals surface area contributed by atoms with Gasteiger partial charge in [0, 0.05) is 15.7 Å². The van der Waals surface area contributed by atoms with Crippen molar-refractivity contribution in [3.05, 3.63) is 82.9 Å². The molecule has 0 aliphatic carbocycles. The molecule has 1 aliphatic heterocycles. The maximum absolute atomic E-state index is 11.7. The predicted molar refractivity (Wildman–Crippen MR) is 116 cm³/mol. The molecule has 2 nitrogen and oxygen atoms in total. The molecule has 0 bridgehead atoms. The van der Waals surface area contributed by atoms with Gasteiger partial charge in [-0.1, -0.05) is 67.9 Å². The summed E-state index contributed by atoms with van der Waals surface area (Å²) < 4.78 is 0. The van der Waals surface area contributed by atoms with Gasteiger partial charge < -0.3 is 4.90 Å². The normalized spacial score (nSPS) is 12.6. The maximum Gasteiger partial charge on any atom is 0.214 e. The van der Waals surface area contributed by atoms with E-state index in [0.717, 1.165) is 22.7 Å². The van der Waals surface area contributed by atoms with Crippen molar-refractivity contribution >= 4 is 35.5 Å². The fourth-order valence-electron chi connectivity index (χ4n) is 3.08. The molecule has 0 aromatic heterocycles. The van der Waals surface area contributed by atoms with Crippen LogP contribution in [0.1, 0.15) is 25.0 Å². The number of amides is 1. The third-order valence-electron chi connectivity index (χ3n) is 4.40. The van der Waals surface area contributed by atoms with Crippen LogP contribution in [0.4, 0.5) is 5.69 Å². The zero-order valence-corrected chi connectivity index (χ0v) is 17.1. The second kappa shape index (κ2) is 9.12. The molecule has 0 saturated carbocycles. The quantitative estimate of drug-likeness (QED) is 0.444. The van der Waals surface area contributed by atoms with Gasteiger partial charge in [0.25, 0.3) is 0 Å². The van der Waals surface area contributed by atoms with Crippen LogP contribution in [0.3, 0.4) is 0 Å². The highest BCUT2D eigenvalue weighted by Crippen LogP contribution is 2.38. The van der Waals surface area contributed by atoms with Gasteiger partial charge in [-0.25, -0.2) is 0 Å². The molecule has 1 heterocycles. The summed E-state index contributed by atoms with van der Waals surface area (Å²) in [6.07, 6.45) is 0.896. The van der Waals surface area contributed by atoms with Gasteiger partial charge in [-0.3, -0.25) is 4.79 Å². The first-order chi connectivity index (χ1) is 13.2. The summed E-state index contributed by atoms with van der Waals surface area (Å²) in [5.74, 6) is 0.857. The van der Waals surface area contributed by atoms with Crippen LogP contribution in [-0.4, -0.2) is 6.41 Å². The van der Waals surface area contributed by atoms with Crippen LogP contribution in [0, 0.1) is 0 Å². The van der Waals surface area contributed by atoms with E-state index in [1.54, 1.807) is 16.7 Å². The van der Waals surface area contributed by atoms with Crippen molar-refractivity contribution < 1.29 is 4.79 Å². The smallest absolute Gasteiger partial charge is 0.214 e. The highest BCUT2D eigenvalue weighted by molar-refractivity contribution is 7.98. The number of nitrogens with zero attached hydrogens (tertiary/aromatic N) is 1. The van der Waals surface area contributed by atoms with Crippen LogP contribution < -0.4 is 4.90 Å². The summed E-state index contributed by atoms with van der Waals surface area (Å²) in [7, 11) is 0. The van der Waals surface area contributed by atoms with Crippen LogP contribution in [0.25, 0.3) is 11.1 Å². The minimum absolute atomic E-state index is 0.573. The second-order valence-electron chi connectivity index (χ2n) is 5.98. The summed E-state index contributed by atoms with van der Waals surface area (Å²) >= 11 is 7.86. The summed E-state index contributed by atoms with van der Waals surface area (Å²) in [6, 6.07) is 22.5. The molecule has 0 fully saturated rings.